The number of aliphatic hydroxyl groups excluding tert-OH is 1. The quantitative estimate of drug-likeness (QED) is 0.587. The normalized spacial score (nSPS) is 11.2. The molecular formula is C20H26N2O7. The van der Waals surface area contributed by atoms with Crippen LogP contribution in [-0.4, -0.2) is 53.2 Å². The summed E-state index contributed by atoms with van der Waals surface area (Å²) in [4.78, 5) is 12.2. The van der Waals surface area contributed by atoms with Crippen LogP contribution in [0.25, 0.3) is 0 Å². The van der Waals surface area contributed by atoms with Gasteiger partial charge in [-0.1, -0.05) is 6.07 Å². The minimum Gasteiger partial charge on any atom is -0.493 e. The van der Waals surface area contributed by atoms with Gasteiger partial charge in [-0.25, -0.2) is 4.79 Å². The van der Waals surface area contributed by atoms with Gasteiger partial charge in [0.15, 0.2) is 23.0 Å². The van der Waals surface area contributed by atoms with Crippen molar-refractivity contribution in [2.75, 3.05) is 47.4 Å². The molecule has 0 saturated heterocycles. The number of amides is 2. The minimum atomic E-state index is -0.930. The van der Waals surface area contributed by atoms with Crippen molar-refractivity contribution in [3.05, 3.63) is 35.9 Å². The number of methoxy groups -OCH3 is 5. The van der Waals surface area contributed by atoms with Crippen molar-refractivity contribution in [1.29, 1.82) is 0 Å². The van der Waals surface area contributed by atoms with E-state index in [1.165, 1.54) is 35.5 Å². The summed E-state index contributed by atoms with van der Waals surface area (Å²) in [6.45, 7) is -0.00819. The fourth-order valence-electron chi connectivity index (χ4n) is 2.70. The van der Waals surface area contributed by atoms with E-state index in [-0.39, 0.29) is 6.54 Å². The summed E-state index contributed by atoms with van der Waals surface area (Å²) in [6, 6.07) is 7.75. The number of hydrogen-bond donors (Lipinski definition) is 3. The fraction of sp³-hybridized carbons (Fsp3) is 0.350. The molecule has 0 bridgehead atoms. The van der Waals surface area contributed by atoms with E-state index in [4.69, 9.17) is 23.7 Å². The van der Waals surface area contributed by atoms with Crippen LogP contribution in [0, 0.1) is 0 Å². The number of carbonyl (C=O) groups is 1. The lowest BCUT2D eigenvalue weighted by Crippen LogP contribution is -2.32. The first-order chi connectivity index (χ1) is 14.0. The smallest absolute Gasteiger partial charge is 0.319 e. The van der Waals surface area contributed by atoms with E-state index in [0.717, 1.165) is 0 Å². The average Bonchev–Trinajstić information content (AvgIpc) is 2.75. The minimum absolute atomic E-state index is 0.00819. The van der Waals surface area contributed by atoms with Crippen LogP contribution in [0.1, 0.15) is 11.7 Å². The molecule has 3 N–H and O–H groups in total. The summed E-state index contributed by atoms with van der Waals surface area (Å²) >= 11 is 0. The molecule has 158 valence electrons. The Hall–Kier alpha value is -3.33. The SMILES string of the molecule is COc1ccc(C(O)CNC(=O)Nc2cc(OC)c(OC)c(OC)c2)cc1OC. The molecule has 0 heterocycles. The van der Waals surface area contributed by atoms with Gasteiger partial charge < -0.3 is 39.4 Å². The standard InChI is InChI=1S/C20H26N2O7/c1-25-15-7-6-12(8-16(15)26-2)14(23)11-21-20(24)22-13-9-17(27-3)19(29-5)18(10-13)28-4/h6-10,14,23H,11H2,1-5H3,(H2,21,22,24). The lowest BCUT2D eigenvalue weighted by molar-refractivity contribution is 0.174. The van der Waals surface area contributed by atoms with E-state index < -0.39 is 12.1 Å². The van der Waals surface area contributed by atoms with Crippen LogP contribution < -0.4 is 34.3 Å². The molecule has 0 radical (unpaired) electrons. The topological polar surface area (TPSA) is 108 Å². The molecule has 0 spiro atoms. The molecule has 1 atom stereocenters. The molecule has 0 fully saturated rings. The van der Waals surface area contributed by atoms with Gasteiger partial charge >= 0.3 is 6.03 Å². The second-order valence-electron chi connectivity index (χ2n) is 5.88. The van der Waals surface area contributed by atoms with Crippen molar-refractivity contribution >= 4 is 11.7 Å². The molecule has 2 aromatic rings. The lowest BCUT2D eigenvalue weighted by atomic mass is 10.1. The van der Waals surface area contributed by atoms with Crippen LogP contribution in [0.15, 0.2) is 30.3 Å². The number of urea groups is 1. The molecular weight excluding hydrogens is 380 g/mol. The zero-order chi connectivity index (χ0) is 21.4. The third kappa shape index (κ3) is 5.35. The third-order valence-corrected chi connectivity index (χ3v) is 4.17. The lowest BCUT2D eigenvalue weighted by Gasteiger charge is -2.16. The Kier molecular flexibility index (Phi) is 7.79. The first-order valence-electron chi connectivity index (χ1n) is 8.72. The van der Waals surface area contributed by atoms with Gasteiger partial charge in [0.2, 0.25) is 5.75 Å². The Bertz CT molecular complexity index is 817. The zero-order valence-electron chi connectivity index (χ0n) is 17.1. The van der Waals surface area contributed by atoms with Gasteiger partial charge in [-0.2, -0.15) is 0 Å². The summed E-state index contributed by atoms with van der Waals surface area (Å²) in [5.74, 6) is 2.28. The largest absolute Gasteiger partial charge is 0.493 e. The summed E-state index contributed by atoms with van der Waals surface area (Å²) in [5, 5.41) is 15.6. The van der Waals surface area contributed by atoms with Crippen LogP contribution in [0.3, 0.4) is 0 Å². The number of nitrogens with one attached hydrogen (secondary N) is 2. The summed E-state index contributed by atoms with van der Waals surface area (Å²) in [5.41, 5.74) is 1.02. The molecule has 0 aliphatic rings. The predicted molar refractivity (Wildman–Crippen MR) is 108 cm³/mol. The Morgan fingerprint density at radius 2 is 1.45 bits per heavy atom. The Morgan fingerprint density at radius 3 is 1.97 bits per heavy atom. The van der Waals surface area contributed by atoms with Gasteiger partial charge in [-0.15, -0.1) is 0 Å². The molecule has 0 saturated carbocycles. The molecule has 29 heavy (non-hydrogen) atoms. The molecule has 0 aromatic heterocycles. The first kappa shape index (κ1) is 22.0. The van der Waals surface area contributed by atoms with Gasteiger partial charge in [-0.3, -0.25) is 0 Å². The van der Waals surface area contributed by atoms with Gasteiger partial charge in [0, 0.05) is 18.7 Å². The van der Waals surface area contributed by atoms with Gasteiger partial charge in [0.25, 0.3) is 0 Å². The van der Waals surface area contributed by atoms with Gasteiger partial charge in [0.1, 0.15) is 0 Å². The Balaban J connectivity index is 2.03. The molecule has 2 aromatic carbocycles. The van der Waals surface area contributed by atoms with Crippen molar-refractivity contribution in [3.63, 3.8) is 0 Å². The van der Waals surface area contributed by atoms with E-state index in [0.29, 0.717) is 40.0 Å². The van der Waals surface area contributed by atoms with E-state index >= 15 is 0 Å². The number of rotatable bonds is 9. The maximum Gasteiger partial charge on any atom is 0.319 e. The van der Waals surface area contributed by atoms with Crippen molar-refractivity contribution in [1.82, 2.24) is 5.32 Å². The molecule has 2 rings (SSSR count). The zero-order valence-corrected chi connectivity index (χ0v) is 17.1. The van der Waals surface area contributed by atoms with Crippen LogP contribution in [0.5, 0.6) is 28.7 Å². The number of benzene rings is 2. The number of anilines is 1. The third-order valence-electron chi connectivity index (χ3n) is 4.17. The molecule has 0 aliphatic carbocycles. The molecule has 9 nitrogen and oxygen atoms in total. The maximum absolute atomic E-state index is 12.2. The number of aliphatic hydroxyl groups is 1. The Morgan fingerprint density at radius 1 is 0.862 bits per heavy atom. The van der Waals surface area contributed by atoms with E-state index in [9.17, 15) is 9.90 Å². The molecule has 0 aliphatic heterocycles. The van der Waals surface area contributed by atoms with Gasteiger partial charge in [0.05, 0.1) is 47.3 Å². The highest BCUT2D eigenvalue weighted by Crippen LogP contribution is 2.39. The molecule has 2 amide bonds. The summed E-state index contributed by atoms with van der Waals surface area (Å²) < 4.78 is 26.2. The van der Waals surface area contributed by atoms with Crippen LogP contribution in [0.4, 0.5) is 10.5 Å². The molecule has 9 heteroatoms. The van der Waals surface area contributed by atoms with Gasteiger partial charge in [-0.05, 0) is 17.7 Å². The average molecular weight is 406 g/mol. The van der Waals surface area contributed by atoms with E-state index in [2.05, 4.69) is 10.6 Å². The number of hydrogen-bond acceptors (Lipinski definition) is 7. The highest BCUT2D eigenvalue weighted by molar-refractivity contribution is 5.90. The first-order valence-corrected chi connectivity index (χ1v) is 8.72. The van der Waals surface area contributed by atoms with Crippen LogP contribution in [-0.2, 0) is 0 Å². The fourth-order valence-corrected chi connectivity index (χ4v) is 2.70. The van der Waals surface area contributed by atoms with Crippen molar-refractivity contribution in [3.8, 4) is 28.7 Å². The highest BCUT2D eigenvalue weighted by atomic mass is 16.5. The van der Waals surface area contributed by atoms with Crippen molar-refractivity contribution in [2.24, 2.45) is 0 Å². The maximum atomic E-state index is 12.2. The highest BCUT2D eigenvalue weighted by Gasteiger charge is 2.16. The predicted octanol–water partition coefficient (Wildman–Crippen LogP) is 2.58. The summed E-state index contributed by atoms with van der Waals surface area (Å²) in [6.07, 6.45) is -0.930. The second kappa shape index (κ2) is 10.3. The second-order valence-corrected chi connectivity index (χ2v) is 5.88. The Labute approximate surface area is 169 Å². The van der Waals surface area contributed by atoms with Crippen LogP contribution in [0.2, 0.25) is 0 Å². The van der Waals surface area contributed by atoms with E-state index in [1.54, 1.807) is 30.3 Å². The summed E-state index contributed by atoms with van der Waals surface area (Å²) in [7, 11) is 7.51. The van der Waals surface area contributed by atoms with Crippen molar-refractivity contribution < 1.29 is 33.6 Å². The monoisotopic (exact) mass is 406 g/mol. The number of carbonyl (C=O) groups excluding carboxylic acids is 1. The molecule has 1 unspecified atom stereocenters. The van der Waals surface area contributed by atoms with Crippen molar-refractivity contribution in [2.45, 2.75) is 6.10 Å². The number of ether oxygens (including phenoxy) is 5. The van der Waals surface area contributed by atoms with Crippen LogP contribution >= 0.6 is 0 Å². The van der Waals surface area contributed by atoms with E-state index in [1.807, 2.05) is 0 Å².